The topological polar surface area (TPSA) is 78.9 Å². The first kappa shape index (κ1) is 65.4. The lowest BCUT2D eigenvalue weighted by Crippen LogP contribution is -2.30. The van der Waals surface area contributed by atoms with Gasteiger partial charge in [-0.1, -0.05) is 298 Å². The number of hydrogen-bond donors (Lipinski definition) is 0. The van der Waals surface area contributed by atoms with Crippen LogP contribution in [-0.4, -0.2) is 37.2 Å². The van der Waals surface area contributed by atoms with Crippen molar-refractivity contribution < 1.29 is 28.6 Å². The summed E-state index contributed by atoms with van der Waals surface area (Å²) in [7, 11) is 0. The van der Waals surface area contributed by atoms with E-state index >= 15 is 0 Å². The Balaban J connectivity index is 4.24. The van der Waals surface area contributed by atoms with E-state index in [1.807, 2.05) is 0 Å². The second-order valence-corrected chi connectivity index (χ2v) is 21.9. The Labute approximate surface area is 418 Å². The van der Waals surface area contributed by atoms with Crippen molar-refractivity contribution in [1.29, 1.82) is 0 Å². The molecule has 6 heteroatoms. The molecule has 67 heavy (non-hydrogen) atoms. The standard InChI is InChI=1S/C61H118O6/c1-7-56(5)48-42-36-30-24-20-15-13-11-9-10-12-14-16-21-25-32-38-44-50-59(62)65-53-58(54-66-60(63)51-45-39-33-28-27-31-37-43-49-57(6)8-2)67-61(64)52-46-40-34-26-22-18-17-19-23-29-35-41-47-55(3)4/h55-58H,7-54H2,1-6H3/t56?,57?,58-/m0/s1. The van der Waals surface area contributed by atoms with Crippen molar-refractivity contribution in [2.24, 2.45) is 17.8 Å². The van der Waals surface area contributed by atoms with Crippen molar-refractivity contribution in [3.05, 3.63) is 0 Å². The minimum Gasteiger partial charge on any atom is -0.462 e. The Morgan fingerprint density at radius 2 is 0.522 bits per heavy atom. The number of carbonyl (C=O) groups is 3. The molecule has 6 nitrogen and oxygen atoms in total. The Bertz CT molecular complexity index is 1040. The van der Waals surface area contributed by atoms with Crippen LogP contribution in [0.2, 0.25) is 0 Å². The maximum Gasteiger partial charge on any atom is 0.306 e. The van der Waals surface area contributed by atoms with Gasteiger partial charge in [-0.15, -0.1) is 0 Å². The van der Waals surface area contributed by atoms with Gasteiger partial charge in [0, 0.05) is 19.3 Å². The number of carbonyl (C=O) groups excluding carboxylic acids is 3. The van der Waals surface area contributed by atoms with Gasteiger partial charge in [-0.2, -0.15) is 0 Å². The molecule has 0 aromatic heterocycles. The molecular formula is C61H118O6. The predicted molar refractivity (Wildman–Crippen MR) is 289 cm³/mol. The van der Waals surface area contributed by atoms with Gasteiger partial charge in [0.1, 0.15) is 13.2 Å². The van der Waals surface area contributed by atoms with E-state index < -0.39 is 6.10 Å². The number of rotatable bonds is 54. The summed E-state index contributed by atoms with van der Waals surface area (Å²) in [5.41, 5.74) is 0. The summed E-state index contributed by atoms with van der Waals surface area (Å²) in [5, 5.41) is 0. The van der Waals surface area contributed by atoms with E-state index in [9.17, 15) is 14.4 Å². The molecule has 0 amide bonds. The zero-order chi connectivity index (χ0) is 49.1. The third kappa shape index (κ3) is 52.1. The van der Waals surface area contributed by atoms with E-state index in [-0.39, 0.29) is 31.1 Å². The number of ether oxygens (including phenoxy) is 3. The van der Waals surface area contributed by atoms with Crippen LogP contribution in [0.4, 0.5) is 0 Å². The van der Waals surface area contributed by atoms with E-state index in [4.69, 9.17) is 14.2 Å². The van der Waals surface area contributed by atoms with Gasteiger partial charge < -0.3 is 14.2 Å². The molecule has 0 fully saturated rings. The van der Waals surface area contributed by atoms with Gasteiger partial charge in [-0.3, -0.25) is 14.4 Å². The third-order valence-electron chi connectivity index (χ3n) is 14.6. The van der Waals surface area contributed by atoms with Gasteiger partial charge in [-0.25, -0.2) is 0 Å². The van der Waals surface area contributed by atoms with Crippen molar-refractivity contribution in [3.63, 3.8) is 0 Å². The van der Waals surface area contributed by atoms with Gasteiger partial charge in [0.2, 0.25) is 0 Å². The highest BCUT2D eigenvalue weighted by atomic mass is 16.6. The molecule has 2 unspecified atom stereocenters. The molecule has 0 aliphatic rings. The van der Waals surface area contributed by atoms with Crippen LogP contribution in [0.15, 0.2) is 0 Å². The van der Waals surface area contributed by atoms with Crippen LogP contribution in [0.3, 0.4) is 0 Å². The molecule has 0 saturated heterocycles. The Kier molecular flexibility index (Phi) is 51.0. The third-order valence-corrected chi connectivity index (χ3v) is 14.6. The lowest BCUT2D eigenvalue weighted by Gasteiger charge is -2.18. The molecule has 0 aromatic rings. The fraction of sp³-hybridized carbons (Fsp3) is 0.951. The molecule has 0 aliphatic heterocycles. The van der Waals surface area contributed by atoms with E-state index in [1.54, 1.807) is 0 Å². The molecule has 0 saturated carbocycles. The van der Waals surface area contributed by atoms with Crippen LogP contribution >= 0.6 is 0 Å². The van der Waals surface area contributed by atoms with Gasteiger partial charge in [-0.05, 0) is 37.0 Å². The predicted octanol–water partition coefficient (Wildman–Crippen LogP) is 19.9. The van der Waals surface area contributed by atoms with E-state index in [0.717, 1.165) is 75.5 Å². The first-order valence-electron chi connectivity index (χ1n) is 30.2. The number of esters is 3. The normalized spacial score (nSPS) is 12.9. The van der Waals surface area contributed by atoms with Gasteiger partial charge in [0.25, 0.3) is 0 Å². The highest BCUT2D eigenvalue weighted by Crippen LogP contribution is 2.19. The van der Waals surface area contributed by atoms with E-state index in [2.05, 4.69) is 41.5 Å². The van der Waals surface area contributed by atoms with Crippen LogP contribution < -0.4 is 0 Å². The first-order chi connectivity index (χ1) is 32.7. The van der Waals surface area contributed by atoms with E-state index in [1.165, 1.54) is 218 Å². The number of hydrogen-bond acceptors (Lipinski definition) is 6. The van der Waals surface area contributed by atoms with Crippen molar-refractivity contribution in [2.75, 3.05) is 13.2 Å². The molecule has 0 radical (unpaired) electrons. The fourth-order valence-electron chi connectivity index (χ4n) is 9.29. The Hall–Kier alpha value is -1.59. The van der Waals surface area contributed by atoms with Crippen molar-refractivity contribution in [3.8, 4) is 0 Å². The molecule has 0 aromatic carbocycles. The van der Waals surface area contributed by atoms with Crippen molar-refractivity contribution >= 4 is 17.9 Å². The van der Waals surface area contributed by atoms with Crippen LogP contribution in [0.25, 0.3) is 0 Å². The van der Waals surface area contributed by atoms with Gasteiger partial charge in [0.05, 0.1) is 0 Å². The molecule has 0 spiro atoms. The minimum atomic E-state index is -0.764. The molecule has 3 atom stereocenters. The average molecular weight is 948 g/mol. The van der Waals surface area contributed by atoms with Crippen molar-refractivity contribution in [1.82, 2.24) is 0 Å². The maximum atomic E-state index is 12.9. The monoisotopic (exact) mass is 947 g/mol. The van der Waals surface area contributed by atoms with Gasteiger partial charge >= 0.3 is 17.9 Å². The zero-order valence-corrected chi connectivity index (χ0v) is 46.2. The van der Waals surface area contributed by atoms with E-state index in [0.29, 0.717) is 19.3 Å². The summed E-state index contributed by atoms with van der Waals surface area (Å²) in [5.74, 6) is 1.75. The average Bonchev–Trinajstić information content (AvgIpc) is 3.31. The molecule has 398 valence electrons. The maximum absolute atomic E-state index is 12.9. The molecule has 0 aliphatic carbocycles. The summed E-state index contributed by atoms with van der Waals surface area (Å²) >= 11 is 0. The lowest BCUT2D eigenvalue weighted by atomic mass is 9.99. The molecular weight excluding hydrogens is 829 g/mol. The highest BCUT2D eigenvalue weighted by Gasteiger charge is 2.19. The minimum absolute atomic E-state index is 0.0636. The molecule has 0 N–H and O–H groups in total. The largest absolute Gasteiger partial charge is 0.462 e. The number of unbranched alkanes of at least 4 members (excludes halogenated alkanes) is 35. The summed E-state index contributed by atoms with van der Waals surface area (Å²) in [6, 6.07) is 0. The second-order valence-electron chi connectivity index (χ2n) is 21.9. The SMILES string of the molecule is CCC(C)CCCCCCCCCCCCCCCCCCCCC(=O)OC[C@@H](COC(=O)CCCCCCCCCCC(C)CC)OC(=O)CCCCCCCCCCCCCCC(C)C. The highest BCUT2D eigenvalue weighted by molar-refractivity contribution is 5.71. The Morgan fingerprint density at radius 1 is 0.299 bits per heavy atom. The summed E-state index contributed by atoms with van der Waals surface area (Å²) in [6.45, 7) is 13.8. The van der Waals surface area contributed by atoms with Crippen LogP contribution in [0.5, 0.6) is 0 Å². The second kappa shape index (κ2) is 52.2. The van der Waals surface area contributed by atoms with Crippen LogP contribution in [0.1, 0.15) is 337 Å². The van der Waals surface area contributed by atoms with Gasteiger partial charge in [0.15, 0.2) is 6.10 Å². The first-order valence-corrected chi connectivity index (χ1v) is 30.2. The Morgan fingerprint density at radius 3 is 0.776 bits per heavy atom. The quantitative estimate of drug-likeness (QED) is 0.0343. The van der Waals surface area contributed by atoms with Crippen LogP contribution in [-0.2, 0) is 28.6 Å². The summed E-state index contributed by atoms with van der Waals surface area (Å²) in [4.78, 5) is 38.2. The fourth-order valence-corrected chi connectivity index (χ4v) is 9.29. The van der Waals surface area contributed by atoms with Crippen molar-refractivity contribution in [2.45, 2.75) is 343 Å². The lowest BCUT2D eigenvalue weighted by molar-refractivity contribution is -0.167. The van der Waals surface area contributed by atoms with Crippen LogP contribution in [0, 0.1) is 17.8 Å². The summed E-state index contributed by atoms with van der Waals surface area (Å²) < 4.78 is 16.9. The smallest absolute Gasteiger partial charge is 0.306 e. The molecule has 0 rings (SSSR count). The molecule has 0 heterocycles. The summed E-state index contributed by atoms with van der Waals surface area (Å²) in [6.07, 6.45) is 55.2. The molecule has 0 bridgehead atoms. The zero-order valence-electron chi connectivity index (χ0n) is 46.2.